The normalized spacial score (nSPS) is 26.7. The molecule has 1 aliphatic heterocycles. The van der Waals surface area contributed by atoms with Gasteiger partial charge in [-0.25, -0.2) is 0 Å². The molecular weight excluding hydrogens is 354 g/mol. The number of carbonyl (C=O) groups excluding carboxylic acids is 1. The number of hydrogen-bond donors (Lipinski definition) is 0. The maximum absolute atomic E-state index is 12.6. The van der Waals surface area contributed by atoms with E-state index < -0.39 is 0 Å². The third kappa shape index (κ3) is 3.65. The molecule has 2 rings (SSSR count). The summed E-state index contributed by atoms with van der Waals surface area (Å²) >= 11 is 3.62. The second kappa shape index (κ2) is 8.04. The van der Waals surface area contributed by atoms with Crippen LogP contribution >= 0.6 is 15.9 Å². The van der Waals surface area contributed by atoms with Crippen molar-refractivity contribution in [3.05, 3.63) is 59.6 Å². The van der Waals surface area contributed by atoms with Crippen molar-refractivity contribution in [3.63, 3.8) is 0 Å². The Morgan fingerprint density at radius 2 is 2.13 bits per heavy atom. The highest BCUT2D eigenvalue weighted by atomic mass is 79.9. The molecule has 124 valence electrons. The SMILES string of the molecule is C=CCN1[C@@H]([C@@H](C=C)OC)[C@H](C)C(=O)C[C@H]1c1ccccc1Br. The molecule has 0 unspecified atom stereocenters. The van der Waals surface area contributed by atoms with Crippen LogP contribution in [0, 0.1) is 5.92 Å². The summed E-state index contributed by atoms with van der Waals surface area (Å²) in [5.74, 6) is 0.164. The highest BCUT2D eigenvalue weighted by molar-refractivity contribution is 9.10. The van der Waals surface area contributed by atoms with Crippen LogP contribution < -0.4 is 0 Å². The van der Waals surface area contributed by atoms with Crippen molar-refractivity contribution in [1.82, 2.24) is 4.90 Å². The molecule has 0 amide bonds. The third-order valence-corrected chi connectivity index (χ3v) is 5.37. The van der Waals surface area contributed by atoms with E-state index in [1.54, 1.807) is 13.2 Å². The fraction of sp³-hybridized carbons (Fsp3) is 0.421. The minimum absolute atomic E-state index is 0.00914. The van der Waals surface area contributed by atoms with E-state index in [0.29, 0.717) is 13.0 Å². The molecule has 0 N–H and O–H groups in total. The van der Waals surface area contributed by atoms with Crippen molar-refractivity contribution in [1.29, 1.82) is 0 Å². The van der Waals surface area contributed by atoms with Crippen LogP contribution in [0.25, 0.3) is 0 Å². The van der Waals surface area contributed by atoms with Crippen molar-refractivity contribution in [2.45, 2.75) is 31.5 Å². The van der Waals surface area contributed by atoms with Gasteiger partial charge in [-0.05, 0) is 11.6 Å². The minimum atomic E-state index is -0.195. The average molecular weight is 378 g/mol. The molecule has 1 fully saturated rings. The lowest BCUT2D eigenvalue weighted by atomic mass is 9.80. The number of piperidine rings is 1. The van der Waals surface area contributed by atoms with Gasteiger partial charge in [0.2, 0.25) is 0 Å². The fourth-order valence-corrected chi connectivity index (χ4v) is 4.01. The Labute approximate surface area is 147 Å². The Bertz CT molecular complexity index is 584. The molecule has 1 aromatic rings. The zero-order chi connectivity index (χ0) is 17.0. The number of carbonyl (C=O) groups is 1. The van der Waals surface area contributed by atoms with Crippen LogP contribution in [0.15, 0.2) is 54.0 Å². The van der Waals surface area contributed by atoms with Crippen molar-refractivity contribution < 1.29 is 9.53 Å². The number of ketones is 1. The molecule has 0 spiro atoms. The van der Waals surface area contributed by atoms with Crippen molar-refractivity contribution in [3.8, 4) is 0 Å². The lowest BCUT2D eigenvalue weighted by Crippen LogP contribution is -2.55. The molecule has 3 nitrogen and oxygen atoms in total. The van der Waals surface area contributed by atoms with Crippen molar-refractivity contribution >= 4 is 21.7 Å². The summed E-state index contributed by atoms with van der Waals surface area (Å²) < 4.78 is 6.61. The quantitative estimate of drug-likeness (QED) is 0.697. The van der Waals surface area contributed by atoms with Gasteiger partial charge < -0.3 is 4.74 Å². The molecule has 0 aromatic heterocycles. The zero-order valence-electron chi connectivity index (χ0n) is 13.7. The largest absolute Gasteiger partial charge is 0.376 e. The highest BCUT2D eigenvalue weighted by Crippen LogP contribution is 2.39. The number of hydrogen-bond acceptors (Lipinski definition) is 3. The van der Waals surface area contributed by atoms with Crippen molar-refractivity contribution in [2.24, 2.45) is 5.92 Å². The Balaban J connectivity index is 2.48. The van der Waals surface area contributed by atoms with E-state index in [1.807, 2.05) is 31.2 Å². The van der Waals surface area contributed by atoms with E-state index in [1.165, 1.54) is 0 Å². The van der Waals surface area contributed by atoms with E-state index in [9.17, 15) is 4.79 Å². The topological polar surface area (TPSA) is 29.5 Å². The lowest BCUT2D eigenvalue weighted by molar-refractivity contribution is -0.134. The maximum Gasteiger partial charge on any atom is 0.139 e. The summed E-state index contributed by atoms with van der Waals surface area (Å²) in [5.41, 5.74) is 1.12. The molecule has 1 aromatic carbocycles. The van der Waals surface area contributed by atoms with Gasteiger partial charge in [0.05, 0.1) is 6.10 Å². The van der Waals surface area contributed by atoms with Gasteiger partial charge >= 0.3 is 0 Å². The van der Waals surface area contributed by atoms with E-state index in [2.05, 4.69) is 40.1 Å². The standard InChI is InChI=1S/C19H24BrNO2/c1-5-11-21-16(14-9-7-8-10-15(14)20)12-17(22)13(3)19(21)18(6-2)23-4/h5-10,13,16,18-19H,1-2,11-12H2,3-4H3/t13-,16+,18-,19-/m1/s1. The Hall–Kier alpha value is -1.23. The molecule has 1 saturated heterocycles. The average Bonchev–Trinajstić information content (AvgIpc) is 2.55. The molecule has 0 aliphatic carbocycles. The number of halogens is 1. The summed E-state index contributed by atoms with van der Waals surface area (Å²) in [4.78, 5) is 14.9. The maximum atomic E-state index is 12.6. The second-order valence-electron chi connectivity index (χ2n) is 5.91. The van der Waals surface area contributed by atoms with Crippen molar-refractivity contribution in [2.75, 3.05) is 13.7 Å². The van der Waals surface area contributed by atoms with E-state index in [4.69, 9.17) is 4.74 Å². The summed E-state index contributed by atoms with van der Waals surface area (Å²) in [6.45, 7) is 10.4. The first-order valence-corrected chi connectivity index (χ1v) is 8.63. The number of ether oxygens (including phenoxy) is 1. The molecule has 0 saturated carbocycles. The van der Waals surface area contributed by atoms with Gasteiger partial charge in [0.15, 0.2) is 0 Å². The summed E-state index contributed by atoms with van der Waals surface area (Å²) in [5, 5.41) is 0. The molecule has 0 bridgehead atoms. The highest BCUT2D eigenvalue weighted by Gasteiger charge is 2.43. The lowest BCUT2D eigenvalue weighted by Gasteiger charge is -2.46. The van der Waals surface area contributed by atoms with E-state index >= 15 is 0 Å². The summed E-state index contributed by atoms with van der Waals surface area (Å²) in [7, 11) is 1.66. The third-order valence-electron chi connectivity index (χ3n) is 4.64. The van der Waals surface area contributed by atoms with Crippen LogP contribution in [0.1, 0.15) is 24.9 Å². The van der Waals surface area contributed by atoms with Crippen LogP contribution in [0.5, 0.6) is 0 Å². The molecular formula is C19H24BrNO2. The Kier molecular flexibility index (Phi) is 6.33. The van der Waals surface area contributed by atoms with Crippen LogP contribution in [0.2, 0.25) is 0 Å². The van der Waals surface area contributed by atoms with E-state index in [-0.39, 0.29) is 29.9 Å². The number of Topliss-reactive ketones (excluding diaryl/α,β-unsaturated/α-hetero) is 1. The predicted octanol–water partition coefficient (Wildman–Crippen LogP) is 4.16. The number of benzene rings is 1. The molecule has 4 atom stereocenters. The van der Waals surface area contributed by atoms with Crippen LogP contribution in [-0.2, 0) is 9.53 Å². The first-order valence-electron chi connectivity index (χ1n) is 7.84. The van der Waals surface area contributed by atoms with Gasteiger partial charge in [-0.3, -0.25) is 9.69 Å². The van der Waals surface area contributed by atoms with Gasteiger partial charge in [-0.15, -0.1) is 13.2 Å². The first kappa shape index (κ1) is 18.1. The number of likely N-dealkylation sites (tertiary alicyclic amines) is 1. The van der Waals surface area contributed by atoms with E-state index in [0.717, 1.165) is 10.0 Å². The molecule has 1 heterocycles. The fourth-order valence-electron chi connectivity index (χ4n) is 3.46. The van der Waals surface area contributed by atoms with Gasteiger partial charge in [-0.2, -0.15) is 0 Å². The number of nitrogens with zero attached hydrogens (tertiary/aromatic N) is 1. The predicted molar refractivity (Wildman–Crippen MR) is 97.4 cm³/mol. The molecule has 23 heavy (non-hydrogen) atoms. The van der Waals surface area contributed by atoms with Gasteiger partial charge in [0.1, 0.15) is 5.78 Å². The monoisotopic (exact) mass is 377 g/mol. The van der Waals surface area contributed by atoms with Crippen LogP contribution in [0.3, 0.4) is 0 Å². The molecule has 1 aliphatic rings. The zero-order valence-corrected chi connectivity index (χ0v) is 15.3. The van der Waals surface area contributed by atoms with Gasteiger partial charge in [0.25, 0.3) is 0 Å². The Morgan fingerprint density at radius 3 is 2.70 bits per heavy atom. The first-order chi connectivity index (χ1) is 11.0. The summed E-state index contributed by atoms with van der Waals surface area (Å²) in [6, 6.07) is 8.04. The second-order valence-corrected chi connectivity index (χ2v) is 6.76. The summed E-state index contributed by atoms with van der Waals surface area (Å²) in [6.07, 6.45) is 3.98. The van der Waals surface area contributed by atoms with Gasteiger partial charge in [-0.1, -0.05) is 53.2 Å². The van der Waals surface area contributed by atoms with Gasteiger partial charge in [0, 0.05) is 42.5 Å². The Morgan fingerprint density at radius 1 is 1.43 bits per heavy atom. The number of rotatable bonds is 6. The number of methoxy groups -OCH3 is 1. The molecule has 0 radical (unpaired) electrons. The van der Waals surface area contributed by atoms with Crippen LogP contribution in [-0.4, -0.2) is 36.5 Å². The molecule has 4 heteroatoms. The smallest absolute Gasteiger partial charge is 0.139 e. The van der Waals surface area contributed by atoms with Crippen LogP contribution in [0.4, 0.5) is 0 Å². The minimum Gasteiger partial charge on any atom is -0.376 e.